The smallest absolute Gasteiger partial charge is 0.156 e. The normalized spacial score (nSPS) is 47.7. The first kappa shape index (κ1) is 11.2. The number of fused-ring (bicyclic) bond motifs is 1. The second-order valence-electron chi connectivity index (χ2n) is 4.01. The molecule has 1 unspecified atom stereocenters. The molecule has 5 atom stereocenters. The number of aliphatic imine (C=N–C) groups is 1. The van der Waals surface area contributed by atoms with Crippen LogP contribution in [0.25, 0.3) is 0 Å². The molecule has 2 fully saturated rings. The highest BCUT2D eigenvalue weighted by Crippen LogP contribution is 2.37. The van der Waals surface area contributed by atoms with Gasteiger partial charge in [-0.1, -0.05) is 11.8 Å². The van der Waals surface area contributed by atoms with Crippen LogP contribution in [-0.4, -0.2) is 57.6 Å². The summed E-state index contributed by atoms with van der Waals surface area (Å²) in [7, 11) is 1.69. The molecule has 2 rings (SSSR count). The van der Waals surface area contributed by atoms with Gasteiger partial charge in [0.05, 0.1) is 12.1 Å². The van der Waals surface area contributed by atoms with Crippen LogP contribution in [0, 0.1) is 5.92 Å². The summed E-state index contributed by atoms with van der Waals surface area (Å²) in [5, 5.41) is 32.8. The minimum absolute atomic E-state index is 0.0827. The van der Waals surface area contributed by atoms with E-state index in [1.807, 2.05) is 0 Å². The van der Waals surface area contributed by atoms with Crippen molar-refractivity contribution in [1.29, 1.82) is 0 Å². The van der Waals surface area contributed by atoms with Gasteiger partial charge in [0.15, 0.2) is 5.17 Å². The van der Waals surface area contributed by atoms with E-state index in [2.05, 4.69) is 10.3 Å². The Labute approximate surface area is 92.6 Å². The van der Waals surface area contributed by atoms with E-state index in [0.29, 0.717) is 6.42 Å². The first-order chi connectivity index (χ1) is 7.17. The van der Waals surface area contributed by atoms with Crippen LogP contribution >= 0.6 is 11.8 Å². The molecule has 0 spiro atoms. The maximum atomic E-state index is 9.87. The number of nitrogens with one attached hydrogen (secondary N) is 1. The standard InChI is InChI=1S/C9H16N2O3S/c1-10-9-11-6-5(15-9)2-4(3-12)7(13)8(6)14/h4-8,12-14H,2-3H2,1H3,(H,10,11)/t4-,5?,6-,7+,8+/m0/s1. The van der Waals surface area contributed by atoms with Gasteiger partial charge in [-0.25, -0.2) is 0 Å². The average molecular weight is 232 g/mol. The van der Waals surface area contributed by atoms with Gasteiger partial charge in [-0.05, 0) is 6.42 Å². The minimum Gasteiger partial charge on any atom is -0.396 e. The first-order valence-electron chi connectivity index (χ1n) is 5.04. The van der Waals surface area contributed by atoms with Gasteiger partial charge in [-0.3, -0.25) is 4.99 Å². The topological polar surface area (TPSA) is 85.1 Å². The average Bonchev–Trinajstić information content (AvgIpc) is 2.66. The fourth-order valence-electron chi connectivity index (χ4n) is 2.22. The van der Waals surface area contributed by atoms with Crippen molar-refractivity contribution in [2.45, 2.75) is 29.9 Å². The zero-order chi connectivity index (χ0) is 11.0. The predicted octanol–water partition coefficient (Wildman–Crippen LogP) is -1.22. The lowest BCUT2D eigenvalue weighted by Crippen LogP contribution is -2.56. The molecule has 15 heavy (non-hydrogen) atoms. The summed E-state index contributed by atoms with van der Waals surface area (Å²) >= 11 is 1.58. The fraction of sp³-hybridized carbons (Fsp3) is 0.889. The lowest BCUT2D eigenvalue weighted by Gasteiger charge is -2.37. The number of hydrogen-bond acceptors (Lipinski definition) is 5. The van der Waals surface area contributed by atoms with Crippen molar-refractivity contribution >= 4 is 16.9 Å². The number of thioether (sulfide) groups is 1. The van der Waals surface area contributed by atoms with E-state index < -0.39 is 12.2 Å². The molecule has 1 heterocycles. The Morgan fingerprint density at radius 1 is 1.47 bits per heavy atom. The summed E-state index contributed by atoms with van der Waals surface area (Å²) in [5.74, 6) is -0.230. The molecule has 1 aliphatic carbocycles. The van der Waals surface area contributed by atoms with Crippen molar-refractivity contribution in [2.75, 3.05) is 13.7 Å². The van der Waals surface area contributed by atoms with Crippen LogP contribution < -0.4 is 5.32 Å². The van der Waals surface area contributed by atoms with Gasteiger partial charge < -0.3 is 20.6 Å². The van der Waals surface area contributed by atoms with Gasteiger partial charge in [0.2, 0.25) is 0 Å². The van der Waals surface area contributed by atoms with Gasteiger partial charge in [-0.15, -0.1) is 0 Å². The number of aliphatic hydroxyl groups excluding tert-OH is 3. The zero-order valence-corrected chi connectivity index (χ0v) is 9.31. The van der Waals surface area contributed by atoms with Crippen LogP contribution in [0.1, 0.15) is 6.42 Å². The van der Waals surface area contributed by atoms with E-state index in [0.717, 1.165) is 5.17 Å². The summed E-state index contributed by atoms with van der Waals surface area (Å²) in [6, 6.07) is -0.147. The molecule has 2 aliphatic rings. The highest BCUT2D eigenvalue weighted by molar-refractivity contribution is 8.14. The Morgan fingerprint density at radius 3 is 2.80 bits per heavy atom. The SMILES string of the molecule is CN=C1N[C@H]2C(C[C@@H](CO)[C@@H](O)[C@@H]2O)S1. The molecule has 4 N–H and O–H groups in total. The van der Waals surface area contributed by atoms with Gasteiger partial charge in [-0.2, -0.15) is 0 Å². The number of amidine groups is 1. The van der Waals surface area contributed by atoms with Crippen molar-refractivity contribution in [3.63, 3.8) is 0 Å². The number of aliphatic hydroxyl groups is 3. The van der Waals surface area contributed by atoms with Gasteiger partial charge >= 0.3 is 0 Å². The molecule has 86 valence electrons. The van der Waals surface area contributed by atoms with Crippen LogP contribution in [0.15, 0.2) is 4.99 Å². The number of hydrogen-bond donors (Lipinski definition) is 4. The Bertz CT molecular complexity index is 274. The van der Waals surface area contributed by atoms with Gasteiger partial charge in [0, 0.05) is 24.8 Å². The van der Waals surface area contributed by atoms with E-state index in [1.54, 1.807) is 18.8 Å². The Balaban J connectivity index is 2.13. The van der Waals surface area contributed by atoms with E-state index in [1.165, 1.54) is 0 Å². The van der Waals surface area contributed by atoms with Crippen molar-refractivity contribution in [2.24, 2.45) is 10.9 Å². The zero-order valence-electron chi connectivity index (χ0n) is 8.50. The molecule has 5 nitrogen and oxygen atoms in total. The van der Waals surface area contributed by atoms with E-state index in [9.17, 15) is 10.2 Å². The summed E-state index contributed by atoms with van der Waals surface area (Å²) in [6.07, 6.45) is -0.969. The van der Waals surface area contributed by atoms with E-state index in [-0.39, 0.29) is 23.8 Å². The van der Waals surface area contributed by atoms with Crippen LogP contribution in [0.5, 0.6) is 0 Å². The first-order valence-corrected chi connectivity index (χ1v) is 5.92. The third-order valence-corrected chi connectivity index (χ3v) is 4.44. The third kappa shape index (κ3) is 1.87. The lowest BCUT2D eigenvalue weighted by molar-refractivity contribution is -0.0680. The molecular formula is C9H16N2O3S. The molecule has 0 amide bonds. The number of nitrogens with zero attached hydrogens (tertiary/aromatic N) is 1. The summed E-state index contributed by atoms with van der Waals surface area (Å²) in [6.45, 7) is -0.0827. The van der Waals surface area contributed by atoms with Crippen molar-refractivity contribution in [3.8, 4) is 0 Å². The lowest BCUT2D eigenvalue weighted by atomic mass is 9.81. The third-order valence-electron chi connectivity index (χ3n) is 3.13. The van der Waals surface area contributed by atoms with Gasteiger partial charge in [0.25, 0.3) is 0 Å². The molecule has 0 radical (unpaired) electrons. The summed E-state index contributed by atoms with van der Waals surface area (Å²) in [5.41, 5.74) is 0. The molecule has 1 saturated carbocycles. The molecular weight excluding hydrogens is 216 g/mol. The molecule has 0 aromatic rings. The molecule has 1 aliphatic heterocycles. The van der Waals surface area contributed by atoms with Crippen LogP contribution in [0.4, 0.5) is 0 Å². The molecule has 0 bridgehead atoms. The van der Waals surface area contributed by atoms with Gasteiger partial charge in [0.1, 0.15) is 6.10 Å². The second kappa shape index (κ2) is 4.29. The predicted molar refractivity (Wildman–Crippen MR) is 58.9 cm³/mol. The molecule has 0 aromatic heterocycles. The van der Waals surface area contributed by atoms with Crippen molar-refractivity contribution in [1.82, 2.24) is 5.32 Å². The van der Waals surface area contributed by atoms with Crippen LogP contribution in [0.3, 0.4) is 0 Å². The van der Waals surface area contributed by atoms with Crippen molar-refractivity contribution in [3.05, 3.63) is 0 Å². The molecule has 0 aromatic carbocycles. The van der Waals surface area contributed by atoms with Crippen molar-refractivity contribution < 1.29 is 15.3 Å². The highest BCUT2D eigenvalue weighted by atomic mass is 32.2. The monoisotopic (exact) mass is 232 g/mol. The highest BCUT2D eigenvalue weighted by Gasteiger charge is 2.47. The minimum atomic E-state index is -0.847. The number of rotatable bonds is 1. The quantitative estimate of drug-likeness (QED) is 0.455. The largest absolute Gasteiger partial charge is 0.396 e. The Morgan fingerprint density at radius 2 is 2.20 bits per heavy atom. The maximum Gasteiger partial charge on any atom is 0.156 e. The summed E-state index contributed by atoms with van der Waals surface area (Å²) in [4.78, 5) is 4.04. The maximum absolute atomic E-state index is 9.87. The Hall–Kier alpha value is -0.300. The second-order valence-corrected chi connectivity index (χ2v) is 5.24. The molecule has 6 heteroatoms. The van der Waals surface area contributed by atoms with E-state index >= 15 is 0 Å². The Kier molecular flexibility index (Phi) is 3.20. The fourth-order valence-corrected chi connectivity index (χ4v) is 3.53. The van der Waals surface area contributed by atoms with Crippen LogP contribution in [0.2, 0.25) is 0 Å². The summed E-state index contributed by atoms with van der Waals surface area (Å²) < 4.78 is 0. The molecule has 1 saturated heterocycles. The van der Waals surface area contributed by atoms with E-state index in [4.69, 9.17) is 5.11 Å². The van der Waals surface area contributed by atoms with Crippen LogP contribution in [-0.2, 0) is 0 Å².